The van der Waals surface area contributed by atoms with Crippen LogP contribution in [0.3, 0.4) is 0 Å². The Balaban J connectivity index is 1.61. The van der Waals surface area contributed by atoms with Crippen molar-refractivity contribution in [3.8, 4) is 28.6 Å². The standard InChI is InChI=1S/C24H20ClN7O/c25-18-11-15(10-16-13-27-32-20(16)18)22-21(14-6-2-1-3-7-14)30-23(19(12-26)29-22)31-24(33)28-17-8-4-5-9-17/h1-3,6-7,10-11,13,17H,4-5,8-9H2,(H,27,32)(H2,28,30,31,33). The Kier molecular flexibility index (Phi) is 5.63. The van der Waals surface area contributed by atoms with E-state index in [9.17, 15) is 10.1 Å². The number of aromatic nitrogens is 4. The quantitative estimate of drug-likeness (QED) is 0.385. The fraction of sp³-hybridized carbons (Fsp3) is 0.208. The number of carbonyl (C=O) groups is 1. The Morgan fingerprint density at radius 1 is 1.09 bits per heavy atom. The van der Waals surface area contributed by atoms with E-state index in [-0.39, 0.29) is 23.6 Å². The number of fused-ring (bicyclic) bond motifs is 1. The maximum absolute atomic E-state index is 12.6. The second kappa shape index (κ2) is 8.88. The van der Waals surface area contributed by atoms with E-state index in [2.05, 4.69) is 36.9 Å². The number of nitrogens with zero attached hydrogens (tertiary/aromatic N) is 4. The number of urea groups is 1. The lowest BCUT2D eigenvalue weighted by atomic mass is 10.0. The number of H-pyrrole nitrogens is 1. The number of hydrogen-bond donors (Lipinski definition) is 3. The maximum atomic E-state index is 12.6. The zero-order valence-electron chi connectivity index (χ0n) is 17.6. The Morgan fingerprint density at radius 2 is 1.85 bits per heavy atom. The van der Waals surface area contributed by atoms with Crippen LogP contribution in [0.4, 0.5) is 10.6 Å². The van der Waals surface area contributed by atoms with Crippen LogP contribution in [0, 0.1) is 11.3 Å². The Morgan fingerprint density at radius 3 is 2.61 bits per heavy atom. The molecule has 2 heterocycles. The number of nitriles is 1. The molecule has 2 aromatic heterocycles. The minimum Gasteiger partial charge on any atom is -0.335 e. The van der Waals surface area contributed by atoms with Gasteiger partial charge in [-0.25, -0.2) is 14.8 Å². The molecule has 0 saturated heterocycles. The van der Waals surface area contributed by atoms with Gasteiger partial charge in [0, 0.05) is 22.6 Å². The summed E-state index contributed by atoms with van der Waals surface area (Å²) in [6, 6.07) is 15.0. The fourth-order valence-electron chi connectivity index (χ4n) is 4.15. The molecule has 2 aromatic carbocycles. The summed E-state index contributed by atoms with van der Waals surface area (Å²) in [5, 5.41) is 23.7. The topological polar surface area (TPSA) is 119 Å². The molecule has 33 heavy (non-hydrogen) atoms. The van der Waals surface area contributed by atoms with Gasteiger partial charge in [-0.3, -0.25) is 10.4 Å². The first kappa shape index (κ1) is 20.9. The van der Waals surface area contributed by atoms with Crippen molar-refractivity contribution < 1.29 is 4.79 Å². The van der Waals surface area contributed by atoms with Gasteiger partial charge in [-0.1, -0.05) is 54.8 Å². The van der Waals surface area contributed by atoms with Crippen LogP contribution in [0.2, 0.25) is 5.02 Å². The van der Waals surface area contributed by atoms with Crippen LogP contribution in [0.15, 0.2) is 48.7 Å². The Labute approximate surface area is 195 Å². The van der Waals surface area contributed by atoms with E-state index in [1.165, 1.54) is 0 Å². The molecule has 2 amide bonds. The smallest absolute Gasteiger partial charge is 0.320 e. The highest BCUT2D eigenvalue weighted by atomic mass is 35.5. The van der Waals surface area contributed by atoms with Gasteiger partial charge in [0.05, 0.1) is 28.1 Å². The van der Waals surface area contributed by atoms with Gasteiger partial charge in [0.2, 0.25) is 0 Å². The van der Waals surface area contributed by atoms with Gasteiger partial charge in [-0.2, -0.15) is 10.4 Å². The molecule has 0 unspecified atom stereocenters. The molecule has 0 spiro atoms. The monoisotopic (exact) mass is 457 g/mol. The minimum absolute atomic E-state index is 0.0228. The molecular weight excluding hydrogens is 438 g/mol. The van der Waals surface area contributed by atoms with Gasteiger partial charge >= 0.3 is 6.03 Å². The number of rotatable bonds is 4. The van der Waals surface area contributed by atoms with Gasteiger partial charge in [-0.05, 0) is 25.0 Å². The van der Waals surface area contributed by atoms with Gasteiger partial charge in [0.15, 0.2) is 11.5 Å². The summed E-state index contributed by atoms with van der Waals surface area (Å²) in [7, 11) is 0. The van der Waals surface area contributed by atoms with E-state index in [1.54, 1.807) is 12.3 Å². The molecule has 1 fully saturated rings. The number of halogens is 1. The van der Waals surface area contributed by atoms with Crippen molar-refractivity contribution in [2.24, 2.45) is 0 Å². The van der Waals surface area contributed by atoms with Crippen LogP contribution in [0.5, 0.6) is 0 Å². The first-order valence-electron chi connectivity index (χ1n) is 10.7. The number of aromatic amines is 1. The van der Waals surface area contributed by atoms with Crippen LogP contribution in [0.25, 0.3) is 33.4 Å². The SMILES string of the molecule is N#Cc1nc(-c2cc(Cl)c3[nH]ncc3c2)c(-c2ccccc2)nc1NC(=O)NC1CCCC1. The molecule has 0 aliphatic heterocycles. The van der Waals surface area contributed by atoms with Crippen molar-refractivity contribution in [1.82, 2.24) is 25.5 Å². The van der Waals surface area contributed by atoms with E-state index in [0.29, 0.717) is 22.0 Å². The normalized spacial score (nSPS) is 13.7. The first-order chi connectivity index (χ1) is 16.1. The highest BCUT2D eigenvalue weighted by Gasteiger charge is 2.21. The third-order valence-corrected chi connectivity index (χ3v) is 6.04. The average molecular weight is 458 g/mol. The molecular formula is C24H20ClN7O. The van der Waals surface area contributed by atoms with Gasteiger partial charge < -0.3 is 5.32 Å². The highest BCUT2D eigenvalue weighted by molar-refractivity contribution is 6.35. The van der Waals surface area contributed by atoms with E-state index in [4.69, 9.17) is 11.6 Å². The summed E-state index contributed by atoms with van der Waals surface area (Å²) < 4.78 is 0. The molecule has 1 aliphatic rings. The summed E-state index contributed by atoms with van der Waals surface area (Å²) in [5.74, 6) is 0.117. The van der Waals surface area contributed by atoms with E-state index in [1.807, 2.05) is 36.4 Å². The summed E-state index contributed by atoms with van der Waals surface area (Å²) in [6.45, 7) is 0. The Hall–Kier alpha value is -3.96. The predicted octanol–water partition coefficient (Wildman–Crippen LogP) is 5.28. The van der Waals surface area contributed by atoms with Crippen molar-refractivity contribution >= 4 is 34.4 Å². The largest absolute Gasteiger partial charge is 0.335 e. The van der Waals surface area contributed by atoms with E-state index < -0.39 is 0 Å². The predicted molar refractivity (Wildman–Crippen MR) is 127 cm³/mol. The molecule has 8 nitrogen and oxygen atoms in total. The lowest BCUT2D eigenvalue weighted by Gasteiger charge is -2.15. The second-order valence-corrected chi connectivity index (χ2v) is 8.38. The molecule has 4 aromatic rings. The molecule has 164 valence electrons. The number of amides is 2. The van der Waals surface area contributed by atoms with E-state index in [0.717, 1.165) is 42.1 Å². The van der Waals surface area contributed by atoms with Crippen LogP contribution < -0.4 is 10.6 Å². The molecule has 5 rings (SSSR count). The third kappa shape index (κ3) is 4.23. The van der Waals surface area contributed by atoms with Crippen molar-refractivity contribution in [1.29, 1.82) is 5.26 Å². The maximum Gasteiger partial charge on any atom is 0.320 e. The van der Waals surface area contributed by atoms with Crippen molar-refractivity contribution in [2.45, 2.75) is 31.7 Å². The molecule has 0 bridgehead atoms. The molecule has 0 radical (unpaired) electrons. The molecule has 0 atom stereocenters. The average Bonchev–Trinajstić information content (AvgIpc) is 3.51. The summed E-state index contributed by atoms with van der Waals surface area (Å²) >= 11 is 6.46. The number of hydrogen-bond acceptors (Lipinski definition) is 5. The van der Waals surface area contributed by atoms with Crippen molar-refractivity contribution in [2.75, 3.05) is 5.32 Å². The minimum atomic E-state index is -0.387. The lowest BCUT2D eigenvalue weighted by Crippen LogP contribution is -2.36. The van der Waals surface area contributed by atoms with Crippen LogP contribution in [-0.2, 0) is 0 Å². The number of anilines is 1. The summed E-state index contributed by atoms with van der Waals surface area (Å²) in [5.41, 5.74) is 3.26. The highest BCUT2D eigenvalue weighted by Crippen LogP contribution is 2.35. The summed E-state index contributed by atoms with van der Waals surface area (Å²) in [6.07, 6.45) is 5.79. The molecule has 3 N–H and O–H groups in total. The fourth-order valence-corrected chi connectivity index (χ4v) is 4.42. The van der Waals surface area contributed by atoms with Gasteiger partial charge in [0.25, 0.3) is 0 Å². The zero-order chi connectivity index (χ0) is 22.8. The van der Waals surface area contributed by atoms with Crippen LogP contribution in [0.1, 0.15) is 31.4 Å². The second-order valence-electron chi connectivity index (χ2n) is 7.97. The third-order valence-electron chi connectivity index (χ3n) is 5.75. The van der Waals surface area contributed by atoms with Gasteiger partial charge in [-0.15, -0.1) is 0 Å². The molecule has 9 heteroatoms. The van der Waals surface area contributed by atoms with Crippen LogP contribution in [-0.4, -0.2) is 32.2 Å². The van der Waals surface area contributed by atoms with Crippen molar-refractivity contribution in [3.05, 3.63) is 59.4 Å². The lowest BCUT2D eigenvalue weighted by molar-refractivity contribution is 0.248. The molecule has 1 aliphatic carbocycles. The zero-order valence-corrected chi connectivity index (χ0v) is 18.4. The number of nitrogens with one attached hydrogen (secondary N) is 3. The molecule has 1 saturated carbocycles. The van der Waals surface area contributed by atoms with Crippen LogP contribution >= 0.6 is 11.6 Å². The van der Waals surface area contributed by atoms with Gasteiger partial charge in [0.1, 0.15) is 6.07 Å². The summed E-state index contributed by atoms with van der Waals surface area (Å²) in [4.78, 5) is 21.9. The number of benzene rings is 2. The first-order valence-corrected chi connectivity index (χ1v) is 11.1. The number of carbonyl (C=O) groups excluding carboxylic acids is 1. The Bertz CT molecular complexity index is 1370. The van der Waals surface area contributed by atoms with Crippen molar-refractivity contribution in [3.63, 3.8) is 0 Å². The van der Waals surface area contributed by atoms with E-state index >= 15 is 0 Å².